The van der Waals surface area contributed by atoms with Crippen LogP contribution in [0.1, 0.15) is 5.56 Å². The summed E-state index contributed by atoms with van der Waals surface area (Å²) in [5.74, 6) is 0. The van der Waals surface area contributed by atoms with Gasteiger partial charge in [-0.25, -0.2) is 4.79 Å². The van der Waals surface area contributed by atoms with Gasteiger partial charge in [-0.05, 0) is 12.1 Å². The third-order valence-corrected chi connectivity index (χ3v) is 2.52. The number of ether oxygens (including phenoxy) is 1. The van der Waals surface area contributed by atoms with Gasteiger partial charge in [-0.1, -0.05) is 12.1 Å². The van der Waals surface area contributed by atoms with Crippen molar-refractivity contribution in [3.63, 3.8) is 0 Å². The molecule has 82 valence electrons. The van der Waals surface area contributed by atoms with Crippen LogP contribution in [0.15, 0.2) is 24.3 Å². The van der Waals surface area contributed by atoms with Crippen molar-refractivity contribution < 1.29 is 9.53 Å². The van der Waals surface area contributed by atoms with Gasteiger partial charge in [-0.15, -0.1) is 0 Å². The molecule has 0 aliphatic carbocycles. The highest BCUT2D eigenvalue weighted by molar-refractivity contribution is 5.91. The smallest absolute Gasteiger partial charge is 0.414 e. The van der Waals surface area contributed by atoms with Crippen molar-refractivity contribution in [3.05, 3.63) is 29.8 Å². The zero-order valence-corrected chi connectivity index (χ0v) is 8.59. The second kappa shape index (κ2) is 4.21. The van der Waals surface area contributed by atoms with E-state index >= 15 is 0 Å². The Balaban J connectivity index is 2.43. The highest BCUT2D eigenvalue weighted by Gasteiger charge is 2.34. The van der Waals surface area contributed by atoms with Crippen LogP contribution in [0, 0.1) is 11.3 Å². The average molecular weight is 217 g/mol. The van der Waals surface area contributed by atoms with Crippen LogP contribution in [0.2, 0.25) is 0 Å². The van der Waals surface area contributed by atoms with E-state index in [0.717, 1.165) is 0 Å². The summed E-state index contributed by atoms with van der Waals surface area (Å²) in [6.07, 6.45) is -0.446. The van der Waals surface area contributed by atoms with Gasteiger partial charge in [0.05, 0.1) is 17.3 Å². The van der Waals surface area contributed by atoms with Gasteiger partial charge in [-0.3, -0.25) is 4.90 Å². The molecule has 1 saturated heterocycles. The second-order valence-electron chi connectivity index (χ2n) is 3.47. The van der Waals surface area contributed by atoms with Crippen molar-refractivity contribution in [1.82, 2.24) is 0 Å². The maximum Gasteiger partial charge on any atom is 0.414 e. The standard InChI is InChI=1S/C11H11N3O2/c12-5-8-3-1-2-4-10(8)14-9(6-13)7-16-11(14)15/h1-4,9H,6-7,13H2. The number of nitriles is 1. The number of benzene rings is 1. The number of para-hydroxylation sites is 1. The van der Waals surface area contributed by atoms with Gasteiger partial charge in [0.2, 0.25) is 0 Å². The molecule has 16 heavy (non-hydrogen) atoms. The topological polar surface area (TPSA) is 79.3 Å². The van der Waals surface area contributed by atoms with E-state index in [1.807, 2.05) is 6.07 Å². The molecule has 1 atom stereocenters. The zero-order chi connectivity index (χ0) is 11.5. The first-order chi connectivity index (χ1) is 7.77. The quantitative estimate of drug-likeness (QED) is 0.796. The van der Waals surface area contributed by atoms with Crippen LogP contribution in [-0.4, -0.2) is 25.3 Å². The summed E-state index contributed by atoms with van der Waals surface area (Å²) < 4.78 is 4.92. The fraction of sp³-hybridized carbons (Fsp3) is 0.273. The second-order valence-corrected chi connectivity index (χ2v) is 3.47. The third-order valence-electron chi connectivity index (χ3n) is 2.52. The maximum atomic E-state index is 11.6. The summed E-state index contributed by atoms with van der Waals surface area (Å²) in [6.45, 7) is 0.584. The number of hydrogen-bond acceptors (Lipinski definition) is 4. The third kappa shape index (κ3) is 1.59. The van der Waals surface area contributed by atoms with Crippen LogP contribution < -0.4 is 10.6 Å². The Morgan fingerprint density at radius 3 is 3.00 bits per heavy atom. The molecule has 5 nitrogen and oxygen atoms in total. The lowest BCUT2D eigenvalue weighted by Crippen LogP contribution is -2.39. The number of amides is 1. The zero-order valence-electron chi connectivity index (χ0n) is 8.59. The van der Waals surface area contributed by atoms with Gasteiger partial charge < -0.3 is 10.5 Å². The predicted molar refractivity (Wildman–Crippen MR) is 57.8 cm³/mol. The molecule has 5 heteroatoms. The molecule has 0 aromatic heterocycles. The molecule has 1 aromatic carbocycles. The molecule has 0 radical (unpaired) electrons. The number of rotatable bonds is 2. The average Bonchev–Trinajstić information content (AvgIpc) is 2.70. The number of cyclic esters (lactones) is 1. The van der Waals surface area contributed by atoms with E-state index in [-0.39, 0.29) is 12.6 Å². The first-order valence-corrected chi connectivity index (χ1v) is 4.93. The number of hydrogen-bond donors (Lipinski definition) is 1. The van der Waals surface area contributed by atoms with Gasteiger partial charge in [-0.2, -0.15) is 5.26 Å². The minimum Gasteiger partial charge on any atom is -0.447 e. The molecule has 2 N–H and O–H groups in total. The van der Waals surface area contributed by atoms with Gasteiger partial charge in [0, 0.05) is 6.54 Å². The maximum absolute atomic E-state index is 11.6. The fourth-order valence-corrected chi connectivity index (χ4v) is 1.71. The van der Waals surface area contributed by atoms with Gasteiger partial charge in [0.25, 0.3) is 0 Å². The largest absolute Gasteiger partial charge is 0.447 e. The van der Waals surface area contributed by atoms with E-state index in [1.165, 1.54) is 4.90 Å². The molecule has 2 rings (SSSR count). The molecule has 1 aromatic rings. The predicted octanol–water partition coefficient (Wildman–Crippen LogP) is 0.842. The van der Waals surface area contributed by atoms with Crippen molar-refractivity contribution >= 4 is 11.8 Å². The van der Waals surface area contributed by atoms with Crippen molar-refractivity contribution in [2.75, 3.05) is 18.1 Å². The monoisotopic (exact) mass is 217 g/mol. The fourth-order valence-electron chi connectivity index (χ4n) is 1.71. The van der Waals surface area contributed by atoms with Gasteiger partial charge in [0.15, 0.2) is 0 Å². The lowest BCUT2D eigenvalue weighted by atomic mass is 10.1. The van der Waals surface area contributed by atoms with E-state index in [2.05, 4.69) is 0 Å². The van der Waals surface area contributed by atoms with E-state index in [0.29, 0.717) is 17.8 Å². The molecule has 1 amide bonds. The Morgan fingerprint density at radius 1 is 1.56 bits per heavy atom. The summed E-state index contributed by atoms with van der Waals surface area (Å²) in [4.78, 5) is 13.0. The Morgan fingerprint density at radius 2 is 2.31 bits per heavy atom. The number of nitrogens with two attached hydrogens (primary N) is 1. The van der Waals surface area contributed by atoms with Gasteiger partial charge in [0.1, 0.15) is 12.7 Å². The minimum atomic E-state index is -0.446. The van der Waals surface area contributed by atoms with Crippen LogP contribution >= 0.6 is 0 Å². The Hall–Kier alpha value is -2.06. The number of carbonyl (C=O) groups is 1. The molecular weight excluding hydrogens is 206 g/mol. The summed E-state index contributed by atoms with van der Waals surface area (Å²) >= 11 is 0. The molecule has 1 heterocycles. The lowest BCUT2D eigenvalue weighted by molar-refractivity contribution is 0.179. The van der Waals surface area contributed by atoms with E-state index in [9.17, 15) is 4.79 Å². The van der Waals surface area contributed by atoms with E-state index in [4.69, 9.17) is 15.7 Å². The highest BCUT2D eigenvalue weighted by atomic mass is 16.6. The van der Waals surface area contributed by atoms with Crippen LogP contribution in [0.4, 0.5) is 10.5 Å². The summed E-state index contributed by atoms with van der Waals surface area (Å²) in [7, 11) is 0. The lowest BCUT2D eigenvalue weighted by Gasteiger charge is -2.20. The molecule has 0 spiro atoms. The van der Waals surface area contributed by atoms with Gasteiger partial charge >= 0.3 is 6.09 Å². The van der Waals surface area contributed by atoms with E-state index in [1.54, 1.807) is 24.3 Å². The van der Waals surface area contributed by atoms with E-state index < -0.39 is 6.09 Å². The molecule has 0 saturated carbocycles. The Bertz CT molecular complexity index is 453. The van der Waals surface area contributed by atoms with Crippen LogP contribution in [0.5, 0.6) is 0 Å². The molecule has 1 aliphatic heterocycles. The van der Waals surface area contributed by atoms with Crippen molar-refractivity contribution in [3.8, 4) is 6.07 Å². The summed E-state index contributed by atoms with van der Waals surface area (Å²) in [6, 6.07) is 8.76. The first kappa shape index (κ1) is 10.5. The van der Waals surface area contributed by atoms with Crippen molar-refractivity contribution in [1.29, 1.82) is 5.26 Å². The molecule has 1 aliphatic rings. The molecule has 1 unspecified atom stereocenters. The first-order valence-electron chi connectivity index (χ1n) is 4.93. The van der Waals surface area contributed by atoms with Crippen LogP contribution in [0.25, 0.3) is 0 Å². The van der Waals surface area contributed by atoms with Crippen molar-refractivity contribution in [2.45, 2.75) is 6.04 Å². The number of carbonyl (C=O) groups excluding carboxylic acids is 1. The molecule has 1 fully saturated rings. The number of anilines is 1. The summed E-state index contributed by atoms with van der Waals surface area (Å²) in [5.41, 5.74) is 6.56. The Labute approximate surface area is 93.0 Å². The number of nitrogens with zero attached hydrogens (tertiary/aromatic N) is 2. The van der Waals surface area contributed by atoms with Crippen LogP contribution in [0.3, 0.4) is 0 Å². The van der Waals surface area contributed by atoms with Crippen LogP contribution in [-0.2, 0) is 4.74 Å². The summed E-state index contributed by atoms with van der Waals surface area (Å²) in [5, 5.41) is 8.96. The molecule has 0 bridgehead atoms. The Kier molecular flexibility index (Phi) is 2.75. The van der Waals surface area contributed by atoms with Crippen molar-refractivity contribution in [2.24, 2.45) is 5.73 Å². The minimum absolute atomic E-state index is 0.193. The highest BCUT2D eigenvalue weighted by Crippen LogP contribution is 2.25. The molecular formula is C11H11N3O2. The SMILES string of the molecule is N#Cc1ccccc1N1C(=O)OCC1CN. The normalized spacial score (nSPS) is 19.4.